The van der Waals surface area contributed by atoms with Crippen molar-refractivity contribution in [3.63, 3.8) is 0 Å². The lowest BCUT2D eigenvalue weighted by molar-refractivity contribution is 0.0946. The Labute approximate surface area is 104 Å². The number of benzene rings is 1. The van der Waals surface area contributed by atoms with Crippen LogP contribution in [0.2, 0.25) is 0 Å². The number of halogens is 2. The molecule has 0 bridgehead atoms. The van der Waals surface area contributed by atoms with Gasteiger partial charge in [0, 0.05) is 11.1 Å². The van der Waals surface area contributed by atoms with E-state index >= 15 is 0 Å². The fraction of sp³-hybridized carbons (Fsp3) is 0.538. The van der Waals surface area contributed by atoms with Gasteiger partial charge in [-0.2, -0.15) is 0 Å². The van der Waals surface area contributed by atoms with Crippen molar-refractivity contribution >= 4 is 15.9 Å². The summed E-state index contributed by atoms with van der Waals surface area (Å²) < 4.78 is 19.2. The zero-order chi connectivity index (χ0) is 11.4. The van der Waals surface area contributed by atoms with Crippen molar-refractivity contribution in [2.75, 3.05) is 6.61 Å². The molecule has 0 spiro atoms. The standard InChI is InChI=1S/C13H16BrFO/c14-13-8-12(15)5-4-11(13)9-16-7-6-10-2-1-3-10/h4-5,8,10H,1-3,6-7,9H2. The molecule has 0 heterocycles. The first kappa shape index (κ1) is 12.1. The first-order valence-corrected chi connectivity index (χ1v) is 6.56. The van der Waals surface area contributed by atoms with Crippen molar-refractivity contribution in [1.82, 2.24) is 0 Å². The lowest BCUT2D eigenvalue weighted by atomic mass is 9.83. The molecular formula is C13H16BrFO. The lowest BCUT2D eigenvalue weighted by Crippen LogP contribution is -2.13. The molecule has 1 aromatic rings. The molecule has 0 unspecified atom stereocenters. The number of ether oxygens (including phenoxy) is 1. The van der Waals surface area contributed by atoms with E-state index in [0.29, 0.717) is 6.61 Å². The molecule has 1 saturated carbocycles. The second-order valence-corrected chi connectivity index (χ2v) is 5.23. The van der Waals surface area contributed by atoms with Gasteiger partial charge in [-0.05, 0) is 30.0 Å². The van der Waals surface area contributed by atoms with E-state index < -0.39 is 0 Å². The maximum absolute atomic E-state index is 12.8. The largest absolute Gasteiger partial charge is 0.377 e. The third-order valence-corrected chi connectivity index (χ3v) is 3.91. The van der Waals surface area contributed by atoms with Crippen LogP contribution in [0.25, 0.3) is 0 Å². The maximum atomic E-state index is 12.8. The highest BCUT2D eigenvalue weighted by molar-refractivity contribution is 9.10. The van der Waals surface area contributed by atoms with E-state index in [9.17, 15) is 4.39 Å². The van der Waals surface area contributed by atoms with Crippen molar-refractivity contribution in [1.29, 1.82) is 0 Å². The minimum atomic E-state index is -0.218. The fourth-order valence-corrected chi connectivity index (χ4v) is 2.32. The molecule has 0 atom stereocenters. The molecule has 0 aromatic heterocycles. The molecule has 1 aliphatic carbocycles. The summed E-state index contributed by atoms with van der Waals surface area (Å²) in [5.74, 6) is 0.668. The summed E-state index contributed by atoms with van der Waals surface area (Å²) in [4.78, 5) is 0. The molecule has 1 nitrogen and oxygen atoms in total. The third kappa shape index (κ3) is 3.29. The highest BCUT2D eigenvalue weighted by atomic mass is 79.9. The Balaban J connectivity index is 1.71. The molecule has 0 aliphatic heterocycles. The Morgan fingerprint density at radius 3 is 2.81 bits per heavy atom. The van der Waals surface area contributed by atoms with Crippen molar-refractivity contribution in [2.24, 2.45) is 5.92 Å². The number of rotatable bonds is 5. The van der Waals surface area contributed by atoms with Gasteiger partial charge in [-0.15, -0.1) is 0 Å². The van der Waals surface area contributed by atoms with Crippen LogP contribution in [0.5, 0.6) is 0 Å². The van der Waals surface area contributed by atoms with Crippen LogP contribution < -0.4 is 0 Å². The molecule has 0 saturated heterocycles. The van der Waals surface area contributed by atoms with Gasteiger partial charge in [0.05, 0.1) is 6.61 Å². The summed E-state index contributed by atoms with van der Waals surface area (Å²) >= 11 is 3.33. The predicted octanol–water partition coefficient (Wildman–Crippen LogP) is 4.30. The maximum Gasteiger partial charge on any atom is 0.124 e. The van der Waals surface area contributed by atoms with Crippen LogP contribution >= 0.6 is 15.9 Å². The van der Waals surface area contributed by atoms with E-state index in [1.54, 1.807) is 6.07 Å². The molecule has 0 radical (unpaired) electrons. The van der Waals surface area contributed by atoms with Crippen LogP contribution in [0.15, 0.2) is 22.7 Å². The fourth-order valence-electron chi connectivity index (χ4n) is 1.85. The minimum absolute atomic E-state index is 0.218. The Hall–Kier alpha value is -0.410. The van der Waals surface area contributed by atoms with Gasteiger partial charge in [0.15, 0.2) is 0 Å². The summed E-state index contributed by atoms with van der Waals surface area (Å²) in [5.41, 5.74) is 1.01. The summed E-state index contributed by atoms with van der Waals surface area (Å²) in [6.07, 6.45) is 5.28. The van der Waals surface area contributed by atoms with Gasteiger partial charge >= 0.3 is 0 Å². The second kappa shape index (κ2) is 5.78. The quantitative estimate of drug-likeness (QED) is 0.734. The molecule has 0 N–H and O–H groups in total. The second-order valence-electron chi connectivity index (χ2n) is 4.37. The van der Waals surface area contributed by atoms with Crippen molar-refractivity contribution in [3.8, 4) is 0 Å². The van der Waals surface area contributed by atoms with E-state index in [2.05, 4.69) is 15.9 Å². The predicted molar refractivity (Wildman–Crippen MR) is 65.7 cm³/mol. The van der Waals surface area contributed by atoms with E-state index in [1.807, 2.05) is 0 Å². The average molecular weight is 287 g/mol. The Morgan fingerprint density at radius 2 is 2.19 bits per heavy atom. The smallest absolute Gasteiger partial charge is 0.124 e. The van der Waals surface area contributed by atoms with Crippen LogP contribution in [0.3, 0.4) is 0 Å². The van der Waals surface area contributed by atoms with Gasteiger partial charge in [-0.1, -0.05) is 41.3 Å². The average Bonchev–Trinajstić information content (AvgIpc) is 2.18. The highest BCUT2D eigenvalue weighted by Gasteiger charge is 2.16. The van der Waals surface area contributed by atoms with Crippen LogP contribution in [0.4, 0.5) is 4.39 Å². The molecule has 1 aliphatic rings. The van der Waals surface area contributed by atoms with Gasteiger partial charge in [-0.3, -0.25) is 0 Å². The molecule has 16 heavy (non-hydrogen) atoms. The van der Waals surface area contributed by atoms with E-state index in [1.165, 1.54) is 37.8 Å². The first-order chi connectivity index (χ1) is 7.75. The zero-order valence-electron chi connectivity index (χ0n) is 9.22. The lowest BCUT2D eigenvalue weighted by Gasteiger charge is -2.24. The van der Waals surface area contributed by atoms with Crippen molar-refractivity contribution < 1.29 is 9.13 Å². The van der Waals surface area contributed by atoms with E-state index in [-0.39, 0.29) is 5.82 Å². The summed E-state index contributed by atoms with van der Waals surface area (Å²) in [6.45, 7) is 1.38. The van der Waals surface area contributed by atoms with Gasteiger partial charge in [0.1, 0.15) is 5.82 Å². The normalized spacial score (nSPS) is 16.1. The SMILES string of the molecule is Fc1ccc(COCCC2CCC2)c(Br)c1. The van der Waals surface area contributed by atoms with Gasteiger partial charge in [0.25, 0.3) is 0 Å². The molecule has 1 aromatic carbocycles. The van der Waals surface area contributed by atoms with Gasteiger partial charge in [0.2, 0.25) is 0 Å². The van der Waals surface area contributed by atoms with Crippen molar-refractivity contribution in [3.05, 3.63) is 34.1 Å². The summed E-state index contributed by atoms with van der Waals surface area (Å²) in [6, 6.07) is 4.71. The molecule has 0 amide bonds. The Kier molecular flexibility index (Phi) is 4.36. The van der Waals surface area contributed by atoms with Crippen LogP contribution in [-0.4, -0.2) is 6.61 Å². The van der Waals surface area contributed by atoms with Gasteiger partial charge < -0.3 is 4.74 Å². The van der Waals surface area contributed by atoms with Crippen LogP contribution in [-0.2, 0) is 11.3 Å². The third-order valence-electron chi connectivity index (χ3n) is 3.17. The molecule has 88 valence electrons. The number of hydrogen-bond acceptors (Lipinski definition) is 1. The van der Waals surface area contributed by atoms with E-state index in [0.717, 1.165) is 22.6 Å². The molecule has 2 rings (SSSR count). The summed E-state index contributed by atoms with van der Waals surface area (Å²) in [5, 5.41) is 0. The van der Waals surface area contributed by atoms with E-state index in [4.69, 9.17) is 4.74 Å². The van der Waals surface area contributed by atoms with Gasteiger partial charge in [-0.25, -0.2) is 4.39 Å². The van der Waals surface area contributed by atoms with Crippen LogP contribution in [0, 0.1) is 11.7 Å². The topological polar surface area (TPSA) is 9.23 Å². The number of hydrogen-bond donors (Lipinski definition) is 0. The minimum Gasteiger partial charge on any atom is -0.377 e. The zero-order valence-corrected chi connectivity index (χ0v) is 10.8. The Morgan fingerprint density at radius 1 is 1.38 bits per heavy atom. The summed E-state index contributed by atoms with van der Waals surface area (Å²) in [7, 11) is 0. The van der Waals surface area contributed by atoms with Crippen LogP contribution in [0.1, 0.15) is 31.2 Å². The molecule has 3 heteroatoms. The first-order valence-electron chi connectivity index (χ1n) is 5.77. The highest BCUT2D eigenvalue weighted by Crippen LogP contribution is 2.29. The monoisotopic (exact) mass is 286 g/mol. The van der Waals surface area contributed by atoms with Crippen molar-refractivity contribution in [2.45, 2.75) is 32.3 Å². The Bertz CT molecular complexity index is 350. The molecular weight excluding hydrogens is 271 g/mol. The molecule has 1 fully saturated rings.